The van der Waals surface area contributed by atoms with Crippen LogP contribution in [-0.2, 0) is 25.6 Å². The van der Waals surface area contributed by atoms with Gasteiger partial charge >= 0.3 is 12.4 Å². The second-order valence-electron chi connectivity index (χ2n) is 10.1. The van der Waals surface area contributed by atoms with E-state index in [0.717, 1.165) is 27.0 Å². The lowest BCUT2D eigenvalue weighted by Crippen LogP contribution is -2.60. The van der Waals surface area contributed by atoms with Gasteiger partial charge in [-0.1, -0.05) is 12.2 Å². The Bertz CT molecular complexity index is 1560. The fraction of sp³-hybridized carbons (Fsp3) is 0.591. The normalized spacial score (nSPS) is 19.8. The summed E-state index contributed by atoms with van der Waals surface area (Å²) in [6.07, 6.45) is -9.54. The molecule has 0 spiro atoms. The predicted molar refractivity (Wildman–Crippen MR) is 147 cm³/mol. The number of aliphatic hydroxyl groups is 1. The standard InChI is InChI=1S/C22H26F6N6O7S3/c1-13(2)33(43(3,38)39)12-16-11-31(44(40,41)18-8-15(34(36)37)4-5-17(18)42)6-7-32(16)19-29-9-14(10-30-19)20(35,21(23,24)25)22(26,27)28/h4,8-10,13,16,35H,5-7,11-12H2,1-3H3/t16-/m1/s1. The molecule has 1 aromatic heterocycles. The zero-order valence-corrected chi connectivity index (χ0v) is 25.5. The zero-order valence-electron chi connectivity index (χ0n) is 23.1. The first-order chi connectivity index (χ1) is 19.9. The molecule has 1 aliphatic heterocycles. The number of aromatic nitrogens is 2. The number of rotatable bonds is 9. The fourth-order valence-electron chi connectivity index (χ4n) is 4.60. The van der Waals surface area contributed by atoms with Crippen molar-refractivity contribution in [1.29, 1.82) is 0 Å². The molecule has 1 aromatic rings. The van der Waals surface area contributed by atoms with Gasteiger partial charge in [-0.2, -0.15) is 35.0 Å². The number of alkyl halides is 6. The number of thiocarbonyl (C=S) groups is 1. The molecular weight excluding hydrogens is 670 g/mol. The summed E-state index contributed by atoms with van der Waals surface area (Å²) >= 11 is 5.12. The van der Waals surface area contributed by atoms with Gasteiger partial charge in [0, 0.05) is 67.5 Å². The van der Waals surface area contributed by atoms with Gasteiger partial charge in [0.15, 0.2) is 0 Å². The Balaban J connectivity index is 2.05. The van der Waals surface area contributed by atoms with Crippen LogP contribution in [0.4, 0.5) is 32.3 Å². The van der Waals surface area contributed by atoms with E-state index in [4.69, 9.17) is 12.2 Å². The summed E-state index contributed by atoms with van der Waals surface area (Å²) in [5.74, 6) is -0.481. The van der Waals surface area contributed by atoms with Crippen molar-refractivity contribution in [3.63, 3.8) is 0 Å². The first-order valence-corrected chi connectivity index (χ1v) is 16.1. The van der Waals surface area contributed by atoms with Crippen LogP contribution in [0, 0.1) is 10.1 Å². The van der Waals surface area contributed by atoms with Crippen molar-refractivity contribution >= 4 is 43.1 Å². The van der Waals surface area contributed by atoms with E-state index in [1.807, 2.05) is 0 Å². The van der Waals surface area contributed by atoms with Gasteiger partial charge in [-0.25, -0.2) is 26.8 Å². The number of allylic oxidation sites excluding steroid dienone is 3. The number of halogens is 6. The maximum atomic E-state index is 13.6. The Morgan fingerprint density at radius 3 is 2.11 bits per heavy atom. The SMILES string of the molecule is CC(C)N(C[C@H]1CN(S(=O)(=O)C2=CC([N+](=O)[O-])=CCC2=S)CCN1c1ncc(C(O)(C(F)(F)F)C(F)(F)F)cn1)S(C)(=O)=O. The minimum atomic E-state index is -6.19. The van der Waals surface area contributed by atoms with Crippen LogP contribution in [-0.4, -0.2) is 107 Å². The van der Waals surface area contributed by atoms with Crippen molar-refractivity contribution in [1.82, 2.24) is 18.6 Å². The van der Waals surface area contributed by atoms with Gasteiger partial charge in [-0.05, 0) is 19.9 Å². The van der Waals surface area contributed by atoms with Crippen molar-refractivity contribution < 1.29 is 53.2 Å². The van der Waals surface area contributed by atoms with Crippen LogP contribution in [0.5, 0.6) is 0 Å². The van der Waals surface area contributed by atoms with Gasteiger partial charge in [-0.3, -0.25) is 10.1 Å². The summed E-state index contributed by atoms with van der Waals surface area (Å²) in [6, 6.07) is -1.83. The highest BCUT2D eigenvalue weighted by molar-refractivity contribution is 7.96. The van der Waals surface area contributed by atoms with Gasteiger partial charge in [0.2, 0.25) is 26.0 Å². The van der Waals surface area contributed by atoms with Crippen molar-refractivity contribution in [2.75, 3.05) is 37.3 Å². The maximum Gasteiger partial charge on any atom is 0.430 e. The number of piperazine rings is 1. The summed E-state index contributed by atoms with van der Waals surface area (Å²) in [6.45, 7) is 1.39. The highest BCUT2D eigenvalue weighted by atomic mass is 32.2. The number of anilines is 1. The number of nitro groups is 1. The number of hydrogen-bond acceptors (Lipinski definition) is 11. The summed E-state index contributed by atoms with van der Waals surface area (Å²) in [7, 11) is -8.43. The fourth-order valence-corrected chi connectivity index (χ4v) is 7.88. The van der Waals surface area contributed by atoms with Gasteiger partial charge < -0.3 is 10.0 Å². The molecule has 246 valence electrons. The molecule has 2 heterocycles. The van der Waals surface area contributed by atoms with Crippen molar-refractivity contribution in [3.05, 3.63) is 50.8 Å². The molecule has 13 nitrogen and oxygen atoms in total. The number of sulfonamides is 2. The first-order valence-electron chi connectivity index (χ1n) is 12.4. The van der Waals surface area contributed by atoms with E-state index >= 15 is 0 Å². The van der Waals surface area contributed by atoms with Crippen LogP contribution in [0.25, 0.3) is 0 Å². The second-order valence-corrected chi connectivity index (χ2v) is 14.5. The van der Waals surface area contributed by atoms with Crippen LogP contribution in [0.2, 0.25) is 0 Å². The molecule has 22 heteroatoms. The molecule has 0 aromatic carbocycles. The second kappa shape index (κ2) is 12.2. The topological polar surface area (TPSA) is 167 Å². The Hall–Kier alpha value is -2.79. The van der Waals surface area contributed by atoms with E-state index in [1.54, 1.807) is 0 Å². The molecule has 0 radical (unpaired) electrons. The van der Waals surface area contributed by atoms with E-state index < -0.39 is 90.2 Å². The largest absolute Gasteiger partial charge is 0.430 e. The molecule has 0 amide bonds. The van der Waals surface area contributed by atoms with Crippen molar-refractivity contribution in [3.8, 4) is 0 Å². The summed E-state index contributed by atoms with van der Waals surface area (Å²) in [5, 5.41) is 20.9. The Kier molecular flexibility index (Phi) is 9.89. The van der Waals surface area contributed by atoms with Gasteiger partial charge in [-0.15, -0.1) is 0 Å². The molecule has 0 saturated carbocycles. The lowest BCUT2D eigenvalue weighted by atomic mass is 9.95. The highest BCUT2D eigenvalue weighted by Gasteiger charge is 2.71. The molecule has 44 heavy (non-hydrogen) atoms. The Morgan fingerprint density at radius 1 is 1.11 bits per heavy atom. The van der Waals surface area contributed by atoms with Gasteiger partial charge in [0.25, 0.3) is 11.3 Å². The van der Waals surface area contributed by atoms with E-state index in [0.29, 0.717) is 0 Å². The van der Waals surface area contributed by atoms with E-state index in [9.17, 15) is 58.4 Å². The number of hydrogen-bond donors (Lipinski definition) is 1. The molecule has 1 N–H and O–H groups in total. The van der Waals surface area contributed by atoms with Gasteiger partial charge in [0.05, 0.1) is 17.2 Å². The van der Waals surface area contributed by atoms with Crippen LogP contribution in [0.3, 0.4) is 0 Å². The average Bonchev–Trinajstić information content (AvgIpc) is 2.89. The maximum absolute atomic E-state index is 13.6. The third-order valence-corrected chi connectivity index (χ3v) is 10.7. The van der Waals surface area contributed by atoms with Gasteiger partial charge in [0.1, 0.15) is 4.91 Å². The molecule has 0 unspecified atom stereocenters. The monoisotopic (exact) mass is 696 g/mol. The van der Waals surface area contributed by atoms with E-state index in [2.05, 4.69) is 9.97 Å². The van der Waals surface area contributed by atoms with Crippen molar-refractivity contribution in [2.45, 2.75) is 50.3 Å². The molecule has 2 aliphatic rings. The molecule has 0 bridgehead atoms. The summed E-state index contributed by atoms with van der Waals surface area (Å²) in [4.78, 5) is 18.2. The Morgan fingerprint density at radius 2 is 1.66 bits per heavy atom. The Labute approximate surface area is 253 Å². The first kappa shape index (κ1) is 35.7. The smallest absolute Gasteiger partial charge is 0.369 e. The third-order valence-electron chi connectivity index (χ3n) is 6.85. The molecule has 1 aliphatic carbocycles. The predicted octanol–water partition coefficient (Wildman–Crippen LogP) is 2.10. The summed E-state index contributed by atoms with van der Waals surface area (Å²) < 4.78 is 134. The molecule has 1 fully saturated rings. The van der Waals surface area contributed by atoms with Crippen LogP contribution < -0.4 is 4.90 Å². The summed E-state index contributed by atoms with van der Waals surface area (Å²) in [5.41, 5.74) is -7.54. The molecule has 1 atom stereocenters. The quantitative estimate of drug-likeness (QED) is 0.174. The van der Waals surface area contributed by atoms with E-state index in [-0.39, 0.29) is 36.8 Å². The molecule has 1 saturated heterocycles. The third kappa shape index (κ3) is 6.88. The minimum absolute atomic E-state index is 0.115. The zero-order chi connectivity index (χ0) is 33.6. The van der Waals surface area contributed by atoms with Crippen LogP contribution >= 0.6 is 12.2 Å². The molecular formula is C22H26F6N6O7S3. The number of nitrogens with zero attached hydrogens (tertiary/aromatic N) is 6. The lowest BCUT2D eigenvalue weighted by Gasteiger charge is -2.43. The van der Waals surface area contributed by atoms with Crippen LogP contribution in [0.1, 0.15) is 25.8 Å². The van der Waals surface area contributed by atoms with E-state index in [1.165, 1.54) is 18.7 Å². The molecule has 3 rings (SSSR count). The highest BCUT2D eigenvalue weighted by Crippen LogP contribution is 2.49. The van der Waals surface area contributed by atoms with Crippen LogP contribution in [0.15, 0.2) is 35.1 Å². The average molecular weight is 697 g/mol. The van der Waals surface area contributed by atoms with Crippen molar-refractivity contribution in [2.24, 2.45) is 0 Å². The minimum Gasteiger partial charge on any atom is -0.369 e. The lowest BCUT2D eigenvalue weighted by molar-refractivity contribution is -0.419.